The van der Waals surface area contributed by atoms with Crippen LogP contribution in [0.15, 0.2) is 21.7 Å². The number of fused-ring (bicyclic) bond motifs is 1. The number of hydrogen-bond donors (Lipinski definition) is 4. The van der Waals surface area contributed by atoms with Crippen LogP contribution in [-0.4, -0.2) is 42.8 Å². The summed E-state index contributed by atoms with van der Waals surface area (Å²) in [6, 6.07) is 2.74. The topological polar surface area (TPSA) is 104 Å². The van der Waals surface area contributed by atoms with Crippen molar-refractivity contribution < 1.29 is 18.5 Å². The molecular weight excluding hydrogens is 415 g/mol. The van der Waals surface area contributed by atoms with Gasteiger partial charge in [-0.1, -0.05) is 0 Å². The van der Waals surface area contributed by atoms with E-state index in [1.807, 2.05) is 0 Å². The van der Waals surface area contributed by atoms with Crippen LogP contribution in [-0.2, 0) is 15.7 Å². The molecule has 0 aromatic carbocycles. The summed E-state index contributed by atoms with van der Waals surface area (Å²) in [5, 5.41) is 10.9. The Bertz CT molecular complexity index is 831. The summed E-state index contributed by atoms with van der Waals surface area (Å²) in [5.74, 6) is -0.514. The lowest BCUT2D eigenvalue weighted by molar-refractivity contribution is 0.199. The number of carboxylic acid groups (broad SMARTS) is 1. The molecular formula is C15H20BrFN4O3S. The van der Waals surface area contributed by atoms with Gasteiger partial charge in [0, 0.05) is 6.54 Å². The van der Waals surface area contributed by atoms with E-state index >= 15 is 0 Å². The number of amides is 1. The first-order valence-corrected chi connectivity index (χ1v) is 10.4. The Morgan fingerprint density at radius 1 is 1.48 bits per heavy atom. The predicted octanol–water partition coefficient (Wildman–Crippen LogP) is 1.95. The van der Waals surface area contributed by atoms with E-state index in [1.165, 1.54) is 12.1 Å². The molecule has 1 aromatic rings. The van der Waals surface area contributed by atoms with Crippen LogP contribution in [0.3, 0.4) is 0 Å². The van der Waals surface area contributed by atoms with Crippen LogP contribution in [0.1, 0.15) is 32.9 Å². The van der Waals surface area contributed by atoms with Crippen LogP contribution in [0.4, 0.5) is 9.18 Å². The standard InChI is InChI=1S/C15H20BrFN4O3S/c1-14(2)12(20-13(22)23)21-15(3,9-6-7-18-25(9,14)24)11-8(17)4-5-10(16)19-11/h4-5,9,25H,6-7H2,1-3H3,(H,18,24)(H,20,21)(H,22,23)/t9-,15-/m0/s1. The van der Waals surface area contributed by atoms with Gasteiger partial charge in [0.05, 0.1) is 10.00 Å². The molecule has 2 aliphatic rings. The Morgan fingerprint density at radius 2 is 2.16 bits per heavy atom. The Hall–Kier alpha value is -1.39. The quantitative estimate of drug-likeness (QED) is 0.400. The summed E-state index contributed by atoms with van der Waals surface area (Å²) in [6.45, 7) is 5.54. The number of halogens is 2. The van der Waals surface area contributed by atoms with Crippen LogP contribution < -0.4 is 10.0 Å². The molecule has 3 rings (SSSR count). The third-order valence-corrected chi connectivity index (χ3v) is 9.77. The van der Waals surface area contributed by atoms with E-state index in [0.717, 1.165) is 0 Å². The molecule has 2 atom stereocenters. The van der Waals surface area contributed by atoms with E-state index in [-0.39, 0.29) is 11.5 Å². The van der Waals surface area contributed by atoms with E-state index in [4.69, 9.17) is 5.11 Å². The van der Waals surface area contributed by atoms with Crippen LogP contribution in [0, 0.1) is 5.82 Å². The molecule has 3 N–H and O–H groups in total. The first-order chi connectivity index (χ1) is 11.5. The SMILES string of the molecule is CC1(C)C(NC(=O)O)=N[C@](C)(c2nc(Br)ccc2F)[C@@H]2CCN[SH]21=O. The second kappa shape index (κ2) is 5.82. The minimum atomic E-state index is -3.14. The highest BCUT2D eigenvalue weighted by atomic mass is 79.9. The van der Waals surface area contributed by atoms with Crippen molar-refractivity contribution in [2.75, 3.05) is 6.54 Å². The van der Waals surface area contributed by atoms with Crippen molar-refractivity contribution in [3.8, 4) is 0 Å². The Kier molecular flexibility index (Phi) is 4.28. The summed E-state index contributed by atoms with van der Waals surface area (Å²) in [7, 11) is -3.14. The third-order valence-electron chi connectivity index (χ3n) is 5.12. The fourth-order valence-corrected chi connectivity index (χ4v) is 7.72. The number of thiol groups is 1. The smallest absolute Gasteiger partial charge is 0.410 e. The maximum absolute atomic E-state index is 14.6. The molecule has 0 bridgehead atoms. The summed E-state index contributed by atoms with van der Waals surface area (Å²) in [5.41, 5.74) is -1.20. The molecule has 2 aliphatic heterocycles. The Morgan fingerprint density at radius 3 is 2.80 bits per heavy atom. The Balaban J connectivity index is 2.29. The number of nitrogens with one attached hydrogen (secondary N) is 2. The van der Waals surface area contributed by atoms with Crippen LogP contribution in [0.2, 0.25) is 0 Å². The first kappa shape index (κ1) is 18.4. The maximum atomic E-state index is 14.6. The third kappa shape index (κ3) is 2.61. The fraction of sp³-hybridized carbons (Fsp3) is 0.533. The predicted molar refractivity (Wildman–Crippen MR) is 97.9 cm³/mol. The number of rotatable bonds is 1. The molecule has 25 heavy (non-hydrogen) atoms. The van der Waals surface area contributed by atoms with Gasteiger partial charge in [-0.2, -0.15) is 0 Å². The monoisotopic (exact) mass is 434 g/mol. The number of aromatic nitrogens is 1. The van der Waals surface area contributed by atoms with Crippen molar-refractivity contribution in [3.05, 3.63) is 28.2 Å². The number of pyridine rings is 1. The lowest BCUT2D eigenvalue weighted by atomic mass is 9.90. The molecule has 138 valence electrons. The summed E-state index contributed by atoms with van der Waals surface area (Å²) in [6.07, 6.45) is -0.768. The van der Waals surface area contributed by atoms with E-state index in [9.17, 15) is 13.4 Å². The highest BCUT2D eigenvalue weighted by Crippen LogP contribution is 2.48. The van der Waals surface area contributed by atoms with Crippen molar-refractivity contribution in [1.82, 2.24) is 15.0 Å². The fourth-order valence-electron chi connectivity index (χ4n) is 3.75. The van der Waals surface area contributed by atoms with Crippen LogP contribution >= 0.6 is 15.9 Å². The van der Waals surface area contributed by atoms with Gasteiger partial charge in [-0.15, -0.1) is 0 Å². The number of nitrogens with zero attached hydrogens (tertiary/aromatic N) is 2. The Labute approximate surface area is 154 Å². The van der Waals surface area contributed by atoms with Gasteiger partial charge in [-0.25, -0.2) is 14.2 Å². The number of aliphatic imine (C=N–C) groups is 1. The molecule has 1 fully saturated rings. The first-order valence-electron chi connectivity index (χ1n) is 7.80. The van der Waals surface area contributed by atoms with Crippen LogP contribution in [0.25, 0.3) is 0 Å². The molecule has 0 radical (unpaired) electrons. The van der Waals surface area contributed by atoms with Gasteiger partial charge in [-0.3, -0.25) is 19.2 Å². The molecule has 0 unspecified atom stereocenters. The molecule has 3 heterocycles. The minimum Gasteiger partial charge on any atom is -0.465 e. The van der Waals surface area contributed by atoms with Gasteiger partial charge in [0.15, 0.2) is 0 Å². The zero-order chi connectivity index (χ0) is 18.6. The molecule has 7 nitrogen and oxygen atoms in total. The zero-order valence-electron chi connectivity index (χ0n) is 14.0. The van der Waals surface area contributed by atoms with Gasteiger partial charge in [-0.05, 0) is 65.4 Å². The van der Waals surface area contributed by atoms with E-state index in [0.29, 0.717) is 17.6 Å². The average molecular weight is 435 g/mol. The molecule has 1 amide bonds. The average Bonchev–Trinajstić information content (AvgIpc) is 2.92. The summed E-state index contributed by atoms with van der Waals surface area (Å²) in [4.78, 5) is 20.0. The van der Waals surface area contributed by atoms with Gasteiger partial charge in [0.25, 0.3) is 0 Å². The second-order valence-corrected chi connectivity index (χ2v) is 11.1. The van der Waals surface area contributed by atoms with Crippen LogP contribution in [0.5, 0.6) is 0 Å². The van der Waals surface area contributed by atoms with Crippen molar-refractivity contribution in [2.24, 2.45) is 4.99 Å². The zero-order valence-corrected chi connectivity index (χ0v) is 16.5. The molecule has 10 heteroatoms. The molecule has 0 aliphatic carbocycles. The van der Waals surface area contributed by atoms with E-state index in [2.05, 4.69) is 35.9 Å². The lowest BCUT2D eigenvalue weighted by Crippen LogP contribution is -2.66. The van der Waals surface area contributed by atoms with Gasteiger partial charge >= 0.3 is 6.09 Å². The second-order valence-electron chi connectivity index (χ2n) is 6.93. The van der Waals surface area contributed by atoms with Gasteiger partial charge in [0.1, 0.15) is 27.5 Å². The number of amidine groups is 1. The molecule has 0 saturated carbocycles. The summed E-state index contributed by atoms with van der Waals surface area (Å²) >= 11 is 3.23. The van der Waals surface area contributed by atoms with Crippen molar-refractivity contribution >= 4 is 38.0 Å². The largest absolute Gasteiger partial charge is 0.465 e. The van der Waals surface area contributed by atoms with E-state index < -0.39 is 37.6 Å². The maximum Gasteiger partial charge on any atom is 0.410 e. The molecule has 0 spiro atoms. The number of carbonyl (C=O) groups is 1. The number of hydrogen-bond acceptors (Lipinski definition) is 4. The van der Waals surface area contributed by atoms with Gasteiger partial charge < -0.3 is 5.11 Å². The highest BCUT2D eigenvalue weighted by Gasteiger charge is 2.59. The van der Waals surface area contributed by atoms with E-state index in [1.54, 1.807) is 20.8 Å². The molecule has 1 saturated heterocycles. The van der Waals surface area contributed by atoms with Crippen molar-refractivity contribution in [1.29, 1.82) is 0 Å². The normalized spacial score (nSPS) is 30.9. The van der Waals surface area contributed by atoms with Crippen molar-refractivity contribution in [2.45, 2.75) is 42.7 Å². The summed E-state index contributed by atoms with van der Waals surface area (Å²) < 4.78 is 30.9. The molecule has 1 aromatic heterocycles. The highest BCUT2D eigenvalue weighted by molar-refractivity contribution is 9.10. The van der Waals surface area contributed by atoms with Gasteiger partial charge in [0.2, 0.25) is 0 Å². The lowest BCUT2D eigenvalue weighted by Gasteiger charge is -2.50. The minimum absolute atomic E-state index is 0.0518. The van der Waals surface area contributed by atoms with Crippen molar-refractivity contribution in [3.63, 3.8) is 0 Å².